The van der Waals surface area contributed by atoms with Crippen molar-refractivity contribution in [2.75, 3.05) is 53.4 Å². The van der Waals surface area contributed by atoms with E-state index < -0.39 is 0 Å². The molecule has 1 aromatic carbocycles. The van der Waals surface area contributed by atoms with Gasteiger partial charge in [-0.2, -0.15) is 0 Å². The molecule has 160 valence electrons. The molecular formula is C22H35N5O2. The van der Waals surface area contributed by atoms with Crippen LogP contribution in [0.3, 0.4) is 0 Å². The number of hydrogen-bond donors (Lipinski definition) is 2. The van der Waals surface area contributed by atoms with Crippen LogP contribution in [0.15, 0.2) is 23.2 Å². The summed E-state index contributed by atoms with van der Waals surface area (Å²) in [6, 6.07) is 6.66. The highest BCUT2D eigenvalue weighted by atomic mass is 16.5. The van der Waals surface area contributed by atoms with Gasteiger partial charge in [-0.15, -0.1) is 0 Å². The smallest absolute Gasteiger partial charge is 0.191 e. The third-order valence-electron chi connectivity index (χ3n) is 6.43. The molecule has 0 aromatic heterocycles. The van der Waals surface area contributed by atoms with Gasteiger partial charge in [-0.3, -0.25) is 14.8 Å². The third kappa shape index (κ3) is 4.95. The van der Waals surface area contributed by atoms with Gasteiger partial charge in [0.15, 0.2) is 17.5 Å². The zero-order chi connectivity index (χ0) is 20.1. The molecule has 7 heteroatoms. The second-order valence-electron chi connectivity index (χ2n) is 8.27. The van der Waals surface area contributed by atoms with Gasteiger partial charge in [0.1, 0.15) is 0 Å². The molecule has 7 nitrogen and oxygen atoms in total. The Morgan fingerprint density at radius 1 is 1.14 bits per heavy atom. The highest BCUT2D eigenvalue weighted by Crippen LogP contribution is 2.34. The number of nitrogens with zero attached hydrogens (tertiary/aromatic N) is 3. The average Bonchev–Trinajstić information content (AvgIpc) is 3.28. The maximum atomic E-state index is 6.35. The van der Waals surface area contributed by atoms with Gasteiger partial charge >= 0.3 is 0 Å². The number of benzene rings is 1. The number of piperazine rings is 3. The zero-order valence-electron chi connectivity index (χ0n) is 17.8. The molecule has 4 fully saturated rings. The first-order chi connectivity index (χ1) is 14.3. The van der Waals surface area contributed by atoms with E-state index >= 15 is 0 Å². The number of fused-ring (bicyclic) bond motifs is 3. The third-order valence-corrected chi connectivity index (χ3v) is 6.43. The second kappa shape index (κ2) is 9.67. The number of methoxy groups -OCH3 is 1. The van der Waals surface area contributed by atoms with E-state index in [4.69, 9.17) is 9.47 Å². The zero-order valence-corrected chi connectivity index (χ0v) is 17.8. The van der Waals surface area contributed by atoms with Crippen LogP contribution in [0.5, 0.6) is 11.5 Å². The van der Waals surface area contributed by atoms with Crippen LogP contribution in [-0.4, -0.2) is 81.3 Å². The first-order valence-corrected chi connectivity index (χ1v) is 11.0. The summed E-state index contributed by atoms with van der Waals surface area (Å²) >= 11 is 0. The van der Waals surface area contributed by atoms with Crippen LogP contribution in [0.4, 0.5) is 0 Å². The summed E-state index contributed by atoms with van der Waals surface area (Å²) < 4.78 is 11.9. The molecule has 1 aliphatic carbocycles. The van der Waals surface area contributed by atoms with Crippen molar-refractivity contribution in [1.29, 1.82) is 0 Å². The Morgan fingerprint density at radius 3 is 2.59 bits per heavy atom. The van der Waals surface area contributed by atoms with Crippen LogP contribution in [0.2, 0.25) is 0 Å². The number of para-hydroxylation sites is 1. The van der Waals surface area contributed by atoms with Crippen LogP contribution in [-0.2, 0) is 6.54 Å². The summed E-state index contributed by atoms with van der Waals surface area (Å²) in [5, 5.41) is 6.97. The number of guanidine groups is 1. The van der Waals surface area contributed by atoms with Gasteiger partial charge in [-0.25, -0.2) is 0 Å². The molecule has 5 rings (SSSR count). The van der Waals surface area contributed by atoms with Gasteiger partial charge in [-0.1, -0.05) is 12.1 Å². The van der Waals surface area contributed by atoms with Crippen molar-refractivity contribution in [3.8, 4) is 11.5 Å². The van der Waals surface area contributed by atoms with Crippen LogP contribution in [0, 0.1) is 0 Å². The lowest BCUT2D eigenvalue weighted by molar-refractivity contribution is 0.0154. The molecule has 1 aromatic rings. The molecule has 3 aliphatic heterocycles. The SMILES string of the molecule is CN=C(NCc1cccc(OC)c1OC1CCCC1)NCC1CN2CCN1CC2. The lowest BCUT2D eigenvalue weighted by Gasteiger charge is -2.47. The Balaban J connectivity index is 1.34. The molecule has 1 unspecified atom stereocenters. The van der Waals surface area contributed by atoms with Crippen molar-refractivity contribution in [2.45, 2.75) is 44.4 Å². The van der Waals surface area contributed by atoms with Gasteiger partial charge in [0.05, 0.1) is 13.2 Å². The van der Waals surface area contributed by atoms with E-state index in [0.717, 1.165) is 49.0 Å². The highest BCUT2D eigenvalue weighted by Gasteiger charge is 2.31. The monoisotopic (exact) mass is 401 g/mol. The molecule has 2 N–H and O–H groups in total. The van der Waals surface area contributed by atoms with Crippen molar-refractivity contribution in [1.82, 2.24) is 20.4 Å². The van der Waals surface area contributed by atoms with Gasteiger partial charge in [0.25, 0.3) is 0 Å². The fourth-order valence-electron chi connectivity index (χ4n) is 4.70. The normalized spacial score (nSPS) is 27.1. The Hall–Kier alpha value is -1.99. The minimum absolute atomic E-state index is 0.299. The summed E-state index contributed by atoms with van der Waals surface area (Å²) in [5.74, 6) is 2.50. The maximum absolute atomic E-state index is 6.35. The minimum atomic E-state index is 0.299. The van der Waals surface area contributed by atoms with E-state index in [1.54, 1.807) is 7.11 Å². The summed E-state index contributed by atoms with van der Waals surface area (Å²) in [7, 11) is 3.53. The average molecular weight is 402 g/mol. The van der Waals surface area contributed by atoms with Crippen molar-refractivity contribution in [3.63, 3.8) is 0 Å². The van der Waals surface area contributed by atoms with Gasteiger partial charge in [0, 0.05) is 64.5 Å². The number of nitrogens with one attached hydrogen (secondary N) is 2. The minimum Gasteiger partial charge on any atom is -0.493 e. The molecule has 0 amide bonds. The number of rotatable bonds is 7. The lowest BCUT2D eigenvalue weighted by atomic mass is 10.1. The second-order valence-corrected chi connectivity index (χ2v) is 8.27. The molecule has 0 radical (unpaired) electrons. The number of ether oxygens (including phenoxy) is 2. The molecule has 3 heterocycles. The Morgan fingerprint density at radius 2 is 1.93 bits per heavy atom. The van der Waals surface area contributed by atoms with Crippen LogP contribution >= 0.6 is 0 Å². The summed E-state index contributed by atoms with van der Waals surface area (Å²) in [6.07, 6.45) is 5.05. The van der Waals surface area contributed by atoms with E-state index in [1.807, 2.05) is 19.2 Å². The largest absolute Gasteiger partial charge is 0.493 e. The van der Waals surface area contributed by atoms with Gasteiger partial charge in [0.2, 0.25) is 0 Å². The number of aliphatic imine (C=N–C) groups is 1. The standard InChI is InChI=1S/C22H35N5O2/c1-23-22(25-15-18-16-26-10-12-27(18)13-11-26)24-14-17-6-5-9-20(28-2)21(17)29-19-7-3-4-8-19/h5-6,9,18-19H,3-4,7-8,10-16H2,1-2H3,(H2,23,24,25). The molecule has 29 heavy (non-hydrogen) atoms. The lowest BCUT2D eigenvalue weighted by Crippen LogP contribution is -2.63. The van der Waals surface area contributed by atoms with E-state index in [1.165, 1.54) is 39.0 Å². The van der Waals surface area contributed by atoms with Crippen molar-refractivity contribution >= 4 is 5.96 Å². The first kappa shape index (κ1) is 20.3. The van der Waals surface area contributed by atoms with E-state index in [9.17, 15) is 0 Å². The van der Waals surface area contributed by atoms with Crippen molar-refractivity contribution in [3.05, 3.63) is 23.8 Å². The van der Waals surface area contributed by atoms with E-state index in [2.05, 4.69) is 31.5 Å². The first-order valence-electron chi connectivity index (χ1n) is 11.0. The Bertz CT molecular complexity index is 696. The molecule has 1 atom stereocenters. The van der Waals surface area contributed by atoms with Crippen LogP contribution in [0.1, 0.15) is 31.2 Å². The predicted molar refractivity (Wildman–Crippen MR) is 116 cm³/mol. The van der Waals surface area contributed by atoms with Gasteiger partial charge in [-0.05, 0) is 31.7 Å². The quantitative estimate of drug-likeness (QED) is 0.536. The molecule has 1 saturated carbocycles. The molecule has 0 spiro atoms. The summed E-state index contributed by atoms with van der Waals surface area (Å²) in [6.45, 7) is 7.51. The fourth-order valence-corrected chi connectivity index (χ4v) is 4.70. The fraction of sp³-hybridized carbons (Fsp3) is 0.682. The summed E-state index contributed by atoms with van der Waals surface area (Å²) in [5.41, 5.74) is 1.10. The van der Waals surface area contributed by atoms with Crippen molar-refractivity contribution in [2.24, 2.45) is 4.99 Å². The van der Waals surface area contributed by atoms with Crippen molar-refractivity contribution < 1.29 is 9.47 Å². The van der Waals surface area contributed by atoms with E-state index in [0.29, 0.717) is 18.7 Å². The molecule has 4 aliphatic rings. The Kier molecular flexibility index (Phi) is 6.77. The van der Waals surface area contributed by atoms with E-state index in [-0.39, 0.29) is 0 Å². The van der Waals surface area contributed by atoms with Gasteiger partial charge < -0.3 is 20.1 Å². The molecule has 3 saturated heterocycles. The van der Waals surface area contributed by atoms with Crippen LogP contribution in [0.25, 0.3) is 0 Å². The summed E-state index contributed by atoms with van der Waals surface area (Å²) in [4.78, 5) is 9.57. The number of hydrogen-bond acceptors (Lipinski definition) is 5. The van der Waals surface area contributed by atoms with Crippen LogP contribution < -0.4 is 20.1 Å². The molecular weight excluding hydrogens is 366 g/mol. The maximum Gasteiger partial charge on any atom is 0.191 e. The Labute approximate surface area is 174 Å². The predicted octanol–water partition coefficient (Wildman–Crippen LogP) is 1.68. The topological polar surface area (TPSA) is 61.4 Å². The highest BCUT2D eigenvalue weighted by molar-refractivity contribution is 5.79. The molecule has 2 bridgehead atoms.